The number of aromatic nitrogens is 2. The highest BCUT2D eigenvalue weighted by atomic mass is 16.5. The van der Waals surface area contributed by atoms with Crippen LogP contribution in [0.4, 0.5) is 23.1 Å². The predicted octanol–water partition coefficient (Wildman–Crippen LogP) is 6.01. The van der Waals surface area contributed by atoms with Gasteiger partial charge in [0.2, 0.25) is 11.9 Å². The van der Waals surface area contributed by atoms with Crippen LogP contribution in [-0.4, -0.2) is 53.2 Å². The van der Waals surface area contributed by atoms with E-state index in [4.69, 9.17) is 14.7 Å². The van der Waals surface area contributed by atoms with Crippen molar-refractivity contribution in [3.05, 3.63) is 77.6 Å². The Morgan fingerprint density at radius 3 is 2.54 bits per heavy atom. The molecule has 2 aliphatic rings. The third-order valence-electron chi connectivity index (χ3n) is 7.35. The summed E-state index contributed by atoms with van der Waals surface area (Å²) in [6, 6.07) is 16.4. The average Bonchev–Trinajstić information content (AvgIpc) is 3.47. The molecule has 9 nitrogen and oxygen atoms in total. The molecule has 0 radical (unpaired) electrons. The Morgan fingerprint density at radius 2 is 1.78 bits per heavy atom. The summed E-state index contributed by atoms with van der Waals surface area (Å²) < 4.78 is 5.93. The molecule has 3 aromatic rings. The van der Waals surface area contributed by atoms with Crippen LogP contribution in [0.25, 0.3) is 0 Å². The SMILES string of the molecule is CC1=CNC(Nc2ccc(OCCN3CCCC3)cc2)=NC1Nc1ncc(C)c(Nc2cccc(C(C)(C)C)c2)n1. The molecule has 0 amide bonds. The molecule has 1 unspecified atom stereocenters. The Morgan fingerprint density at radius 1 is 1.00 bits per heavy atom. The fourth-order valence-electron chi connectivity index (χ4n) is 4.77. The fraction of sp³-hybridized carbons (Fsp3) is 0.406. The average molecular weight is 555 g/mol. The monoisotopic (exact) mass is 554 g/mol. The zero-order chi connectivity index (χ0) is 28.8. The highest BCUT2D eigenvalue weighted by Crippen LogP contribution is 2.27. The third kappa shape index (κ3) is 7.76. The summed E-state index contributed by atoms with van der Waals surface area (Å²) in [6.45, 7) is 14.7. The molecule has 9 heteroatoms. The number of hydrogen-bond donors (Lipinski definition) is 4. The molecule has 0 bridgehead atoms. The number of rotatable bonds is 9. The molecule has 2 aromatic carbocycles. The van der Waals surface area contributed by atoms with Crippen molar-refractivity contribution in [1.82, 2.24) is 20.2 Å². The lowest BCUT2D eigenvalue weighted by Crippen LogP contribution is -2.36. The van der Waals surface area contributed by atoms with E-state index >= 15 is 0 Å². The molecule has 4 N–H and O–H groups in total. The van der Waals surface area contributed by atoms with Crippen molar-refractivity contribution >= 4 is 29.1 Å². The molecule has 41 heavy (non-hydrogen) atoms. The summed E-state index contributed by atoms with van der Waals surface area (Å²) in [5.74, 6) is 2.77. The predicted molar refractivity (Wildman–Crippen MR) is 168 cm³/mol. The number of benzene rings is 2. The number of ether oxygens (including phenoxy) is 1. The van der Waals surface area contributed by atoms with Gasteiger partial charge in [0.1, 0.15) is 24.3 Å². The van der Waals surface area contributed by atoms with Gasteiger partial charge in [0, 0.05) is 35.9 Å². The highest BCUT2D eigenvalue weighted by Gasteiger charge is 2.18. The van der Waals surface area contributed by atoms with Gasteiger partial charge < -0.3 is 26.0 Å². The zero-order valence-corrected chi connectivity index (χ0v) is 24.8. The Bertz CT molecular complexity index is 1390. The Kier molecular flexibility index (Phi) is 8.73. The van der Waals surface area contributed by atoms with Crippen LogP contribution in [0, 0.1) is 6.92 Å². The molecule has 2 aliphatic heterocycles. The minimum absolute atomic E-state index is 0.0661. The summed E-state index contributed by atoms with van der Waals surface area (Å²) in [4.78, 5) is 16.6. The number of anilines is 4. The number of guanidine groups is 1. The second kappa shape index (κ2) is 12.6. The second-order valence-electron chi connectivity index (χ2n) is 11.8. The van der Waals surface area contributed by atoms with Crippen molar-refractivity contribution in [2.45, 2.75) is 59.0 Å². The quantitative estimate of drug-likeness (QED) is 0.255. The van der Waals surface area contributed by atoms with Crippen LogP contribution < -0.4 is 26.0 Å². The molecule has 1 atom stereocenters. The van der Waals surface area contributed by atoms with Gasteiger partial charge in [0.25, 0.3) is 0 Å². The van der Waals surface area contributed by atoms with Crippen molar-refractivity contribution < 1.29 is 4.74 Å². The normalized spacial score (nSPS) is 17.3. The molecule has 3 heterocycles. The lowest BCUT2D eigenvalue weighted by atomic mass is 9.87. The first-order valence-electron chi connectivity index (χ1n) is 14.4. The molecular formula is C32H42N8O. The summed E-state index contributed by atoms with van der Waals surface area (Å²) in [7, 11) is 0. The molecule has 0 saturated carbocycles. The van der Waals surface area contributed by atoms with Gasteiger partial charge in [-0.2, -0.15) is 4.98 Å². The number of nitrogens with one attached hydrogen (secondary N) is 4. The maximum absolute atomic E-state index is 5.93. The fourth-order valence-corrected chi connectivity index (χ4v) is 4.77. The Balaban J connectivity index is 1.20. The standard InChI is InChI=1S/C32H42N8O/c1-22-20-34-31(37-28(22)35-26-10-8-9-24(19-26)32(3,4)5)39-29-23(2)21-33-30(38-29)36-25-11-13-27(14-12-25)41-18-17-40-15-6-7-16-40/h8-14,19-21,29H,6-7,15-18H2,1-5H3,(H2,33,36,38)(H2,34,35,37,39). The molecular weight excluding hydrogens is 512 g/mol. The van der Waals surface area contributed by atoms with Crippen molar-refractivity contribution in [2.24, 2.45) is 4.99 Å². The summed E-state index contributed by atoms with van der Waals surface area (Å²) in [5.41, 5.74) is 5.23. The van der Waals surface area contributed by atoms with E-state index in [0.717, 1.165) is 40.6 Å². The van der Waals surface area contributed by atoms with E-state index in [-0.39, 0.29) is 11.6 Å². The van der Waals surface area contributed by atoms with Gasteiger partial charge in [-0.05, 0) is 92.7 Å². The smallest absolute Gasteiger partial charge is 0.226 e. The summed E-state index contributed by atoms with van der Waals surface area (Å²) >= 11 is 0. The second-order valence-corrected chi connectivity index (χ2v) is 11.8. The van der Waals surface area contributed by atoms with Crippen molar-refractivity contribution in [3.63, 3.8) is 0 Å². The lowest BCUT2D eigenvalue weighted by molar-refractivity contribution is 0.238. The van der Waals surface area contributed by atoms with E-state index in [1.54, 1.807) is 0 Å². The zero-order valence-electron chi connectivity index (χ0n) is 24.8. The first-order valence-corrected chi connectivity index (χ1v) is 14.4. The number of aryl methyl sites for hydroxylation is 1. The van der Waals surface area contributed by atoms with Crippen LogP contribution in [0.3, 0.4) is 0 Å². The van der Waals surface area contributed by atoms with E-state index in [9.17, 15) is 0 Å². The van der Waals surface area contributed by atoms with Crippen LogP contribution in [0.1, 0.15) is 51.7 Å². The van der Waals surface area contributed by atoms with Crippen molar-refractivity contribution in [3.8, 4) is 5.75 Å². The van der Waals surface area contributed by atoms with Gasteiger partial charge in [-0.3, -0.25) is 4.90 Å². The molecule has 0 spiro atoms. The van der Waals surface area contributed by atoms with E-state index < -0.39 is 0 Å². The van der Waals surface area contributed by atoms with Gasteiger partial charge in [-0.25, -0.2) is 9.98 Å². The van der Waals surface area contributed by atoms with Gasteiger partial charge in [0.05, 0.1) is 0 Å². The largest absolute Gasteiger partial charge is 0.492 e. The Labute approximate surface area is 243 Å². The molecule has 216 valence electrons. The van der Waals surface area contributed by atoms with Crippen LogP contribution >= 0.6 is 0 Å². The molecule has 1 aromatic heterocycles. The molecule has 5 rings (SSSR count). The first kappa shape index (κ1) is 28.4. The molecule has 1 saturated heterocycles. The number of likely N-dealkylation sites (tertiary alicyclic amines) is 1. The van der Waals surface area contributed by atoms with Crippen molar-refractivity contribution in [1.29, 1.82) is 0 Å². The number of hydrogen-bond acceptors (Lipinski definition) is 9. The van der Waals surface area contributed by atoms with Gasteiger partial charge in [-0.1, -0.05) is 32.9 Å². The highest BCUT2D eigenvalue weighted by molar-refractivity contribution is 5.95. The van der Waals surface area contributed by atoms with Crippen LogP contribution in [0.2, 0.25) is 0 Å². The van der Waals surface area contributed by atoms with E-state index in [2.05, 4.69) is 76.2 Å². The first-order chi connectivity index (χ1) is 19.7. The van der Waals surface area contributed by atoms with Crippen molar-refractivity contribution in [2.75, 3.05) is 42.2 Å². The molecule has 0 aliphatic carbocycles. The number of nitrogens with zero attached hydrogens (tertiary/aromatic N) is 4. The van der Waals surface area contributed by atoms with Gasteiger partial charge in [0.15, 0.2) is 0 Å². The summed E-state index contributed by atoms with van der Waals surface area (Å²) in [5, 5.41) is 13.4. The molecule has 1 fully saturated rings. The van der Waals surface area contributed by atoms with Gasteiger partial charge in [-0.15, -0.1) is 0 Å². The lowest BCUT2D eigenvalue weighted by Gasteiger charge is -2.23. The van der Waals surface area contributed by atoms with Crippen LogP contribution in [0.5, 0.6) is 5.75 Å². The maximum atomic E-state index is 5.93. The Hall–Kier alpha value is -4.11. The van der Waals surface area contributed by atoms with Gasteiger partial charge >= 0.3 is 0 Å². The van der Waals surface area contributed by atoms with E-state index in [1.165, 1.54) is 31.5 Å². The topological polar surface area (TPSA) is 98.7 Å². The maximum Gasteiger partial charge on any atom is 0.226 e. The van der Waals surface area contributed by atoms with Crippen LogP contribution in [-0.2, 0) is 5.41 Å². The van der Waals surface area contributed by atoms with E-state index in [0.29, 0.717) is 18.5 Å². The number of aliphatic imine (C=N–C) groups is 1. The third-order valence-corrected chi connectivity index (χ3v) is 7.35. The minimum atomic E-state index is -0.313. The van der Waals surface area contributed by atoms with E-state index in [1.807, 2.05) is 50.5 Å². The van der Waals surface area contributed by atoms with Crippen LogP contribution in [0.15, 0.2) is 71.5 Å². The minimum Gasteiger partial charge on any atom is -0.492 e. The summed E-state index contributed by atoms with van der Waals surface area (Å²) in [6.07, 6.45) is 6.04.